The maximum Gasteiger partial charge on any atom is 0.416 e. The van der Waals surface area contributed by atoms with Crippen LogP contribution in [0.5, 0.6) is 0 Å². The number of anilines is 2. The second-order valence-electron chi connectivity index (χ2n) is 7.90. The maximum atomic E-state index is 13.1. The zero-order chi connectivity index (χ0) is 26.3. The molecular formula is C26H14ClF3N2O5. The van der Waals surface area contributed by atoms with Crippen LogP contribution >= 0.6 is 11.6 Å². The van der Waals surface area contributed by atoms with Crippen molar-refractivity contribution in [3.05, 3.63) is 105 Å². The van der Waals surface area contributed by atoms with Gasteiger partial charge in [-0.1, -0.05) is 29.8 Å². The Morgan fingerprint density at radius 3 is 2.32 bits per heavy atom. The first kappa shape index (κ1) is 24.1. The van der Waals surface area contributed by atoms with Crippen molar-refractivity contribution in [2.45, 2.75) is 6.18 Å². The highest BCUT2D eigenvalue weighted by Gasteiger charge is 2.31. The number of carbonyl (C=O) groups excluding carboxylic acids is 2. The number of amides is 2. The van der Waals surface area contributed by atoms with Gasteiger partial charge in [0.25, 0.3) is 11.8 Å². The molecule has 5 rings (SSSR count). The van der Waals surface area contributed by atoms with Crippen LogP contribution in [0.15, 0.2) is 86.4 Å². The Hall–Kier alpha value is -4.57. The Labute approximate surface area is 210 Å². The second-order valence-corrected chi connectivity index (χ2v) is 8.34. The van der Waals surface area contributed by atoms with Crippen LogP contribution < -0.4 is 16.1 Å². The van der Waals surface area contributed by atoms with E-state index >= 15 is 0 Å². The molecule has 11 heteroatoms. The summed E-state index contributed by atoms with van der Waals surface area (Å²) in [5.41, 5.74) is -1.27. The maximum absolute atomic E-state index is 13.1. The Kier molecular flexibility index (Phi) is 5.96. The van der Waals surface area contributed by atoms with Crippen LogP contribution in [-0.4, -0.2) is 11.8 Å². The molecular weight excluding hydrogens is 513 g/mol. The van der Waals surface area contributed by atoms with Gasteiger partial charge in [0.15, 0.2) is 11.2 Å². The third-order valence-electron chi connectivity index (χ3n) is 5.40. The monoisotopic (exact) mass is 526 g/mol. The third kappa shape index (κ3) is 4.78. The van der Waals surface area contributed by atoms with E-state index in [1.807, 2.05) is 0 Å². The summed E-state index contributed by atoms with van der Waals surface area (Å²) in [5, 5.41) is 5.72. The van der Waals surface area contributed by atoms with Gasteiger partial charge in [-0.15, -0.1) is 0 Å². The SMILES string of the molecule is O=C(Nc1c(C(=O)Nc2cccc(C(F)(F)F)c2)oc2ccccc12)c1cc(=O)c2cc(Cl)ccc2o1. The number of para-hydroxylation sites is 1. The minimum absolute atomic E-state index is 0.0519. The number of nitrogens with one attached hydrogen (secondary N) is 2. The van der Waals surface area contributed by atoms with E-state index in [0.717, 1.165) is 24.3 Å². The van der Waals surface area contributed by atoms with E-state index in [9.17, 15) is 27.6 Å². The average Bonchev–Trinajstić information content (AvgIpc) is 3.22. The Morgan fingerprint density at radius 2 is 1.54 bits per heavy atom. The van der Waals surface area contributed by atoms with E-state index in [4.69, 9.17) is 20.4 Å². The van der Waals surface area contributed by atoms with Crippen molar-refractivity contribution >= 4 is 56.7 Å². The summed E-state index contributed by atoms with van der Waals surface area (Å²) < 4.78 is 50.4. The quantitative estimate of drug-likeness (QED) is 0.271. The summed E-state index contributed by atoms with van der Waals surface area (Å²) in [4.78, 5) is 38.5. The van der Waals surface area contributed by atoms with Crippen LogP contribution in [0.4, 0.5) is 24.5 Å². The zero-order valence-corrected chi connectivity index (χ0v) is 19.2. The molecule has 0 spiro atoms. The van der Waals surface area contributed by atoms with E-state index in [-0.39, 0.29) is 39.4 Å². The number of benzene rings is 3. The zero-order valence-electron chi connectivity index (χ0n) is 18.5. The van der Waals surface area contributed by atoms with Crippen LogP contribution in [0.25, 0.3) is 21.9 Å². The molecule has 0 atom stereocenters. The van der Waals surface area contributed by atoms with Gasteiger partial charge < -0.3 is 19.5 Å². The fourth-order valence-electron chi connectivity index (χ4n) is 3.71. The molecule has 0 aliphatic carbocycles. The van der Waals surface area contributed by atoms with Crippen molar-refractivity contribution in [2.24, 2.45) is 0 Å². The van der Waals surface area contributed by atoms with Crippen molar-refractivity contribution in [3.8, 4) is 0 Å². The van der Waals surface area contributed by atoms with Gasteiger partial charge >= 0.3 is 6.18 Å². The highest BCUT2D eigenvalue weighted by Crippen LogP contribution is 2.33. The van der Waals surface area contributed by atoms with Gasteiger partial charge in [-0.2, -0.15) is 13.2 Å². The molecule has 0 radical (unpaired) electrons. The van der Waals surface area contributed by atoms with Gasteiger partial charge in [-0.05, 0) is 48.5 Å². The molecule has 2 N–H and O–H groups in total. The molecule has 2 heterocycles. The number of hydrogen-bond acceptors (Lipinski definition) is 5. The molecule has 0 bridgehead atoms. The molecule has 5 aromatic rings. The van der Waals surface area contributed by atoms with Crippen LogP contribution in [0.3, 0.4) is 0 Å². The molecule has 0 aliphatic rings. The molecule has 3 aromatic carbocycles. The van der Waals surface area contributed by atoms with E-state index in [0.29, 0.717) is 10.4 Å². The van der Waals surface area contributed by atoms with Crippen LogP contribution in [0.2, 0.25) is 5.02 Å². The predicted octanol–water partition coefficient (Wildman–Crippen LogP) is 6.72. The first-order chi connectivity index (χ1) is 17.6. The number of fused-ring (bicyclic) bond motifs is 2. The van der Waals surface area contributed by atoms with Gasteiger partial charge in [0.2, 0.25) is 5.76 Å². The van der Waals surface area contributed by atoms with E-state index in [2.05, 4.69) is 10.6 Å². The summed E-state index contributed by atoms with van der Waals surface area (Å²) in [6.45, 7) is 0. The first-order valence-electron chi connectivity index (χ1n) is 10.6. The first-order valence-corrected chi connectivity index (χ1v) is 11.0. The van der Waals surface area contributed by atoms with Crippen molar-refractivity contribution in [2.75, 3.05) is 10.6 Å². The van der Waals surface area contributed by atoms with Gasteiger partial charge in [-0.25, -0.2) is 0 Å². The molecule has 0 saturated heterocycles. The van der Waals surface area contributed by atoms with E-state index < -0.39 is 29.0 Å². The largest absolute Gasteiger partial charge is 0.451 e. The molecule has 37 heavy (non-hydrogen) atoms. The minimum atomic E-state index is -4.60. The minimum Gasteiger partial charge on any atom is -0.451 e. The van der Waals surface area contributed by atoms with Crippen molar-refractivity contribution in [1.82, 2.24) is 0 Å². The fourth-order valence-corrected chi connectivity index (χ4v) is 3.88. The molecule has 0 fully saturated rings. The van der Waals surface area contributed by atoms with E-state index in [1.54, 1.807) is 24.3 Å². The summed E-state index contributed by atoms with van der Waals surface area (Å²) >= 11 is 5.92. The molecule has 186 valence electrons. The van der Waals surface area contributed by atoms with E-state index in [1.165, 1.54) is 24.3 Å². The lowest BCUT2D eigenvalue weighted by Crippen LogP contribution is -2.18. The standard InChI is InChI=1S/C26H14ClF3N2O5/c27-14-8-9-20-17(11-14)18(33)12-21(36-20)24(34)32-22-16-6-1-2-7-19(16)37-23(22)25(35)31-15-5-3-4-13(10-15)26(28,29)30/h1-12H,(H,31,35)(H,32,34). The summed E-state index contributed by atoms with van der Waals surface area (Å²) in [7, 11) is 0. The fraction of sp³-hybridized carbons (Fsp3) is 0.0385. The number of rotatable bonds is 4. The van der Waals surface area contributed by atoms with Gasteiger partial charge in [-0.3, -0.25) is 14.4 Å². The second kappa shape index (κ2) is 9.14. The molecule has 0 aliphatic heterocycles. The lowest BCUT2D eigenvalue weighted by molar-refractivity contribution is -0.137. The number of alkyl halides is 3. The highest BCUT2D eigenvalue weighted by molar-refractivity contribution is 6.31. The average molecular weight is 527 g/mol. The highest BCUT2D eigenvalue weighted by atomic mass is 35.5. The van der Waals surface area contributed by atoms with Gasteiger partial charge in [0, 0.05) is 22.2 Å². The summed E-state index contributed by atoms with van der Waals surface area (Å²) in [5.74, 6) is -2.45. The number of carbonyl (C=O) groups is 2. The smallest absolute Gasteiger partial charge is 0.416 e. The molecule has 7 nitrogen and oxygen atoms in total. The Balaban J connectivity index is 1.50. The lowest BCUT2D eigenvalue weighted by atomic mass is 10.1. The Bertz CT molecular complexity index is 1760. The topological polar surface area (TPSA) is 102 Å². The lowest BCUT2D eigenvalue weighted by Gasteiger charge is -2.10. The third-order valence-corrected chi connectivity index (χ3v) is 5.64. The molecule has 0 unspecified atom stereocenters. The summed E-state index contributed by atoms with van der Waals surface area (Å²) in [6.07, 6.45) is -4.60. The normalized spacial score (nSPS) is 11.6. The van der Waals surface area contributed by atoms with Crippen LogP contribution in [0, 0.1) is 0 Å². The van der Waals surface area contributed by atoms with Gasteiger partial charge in [0.1, 0.15) is 16.9 Å². The Morgan fingerprint density at radius 1 is 0.784 bits per heavy atom. The number of hydrogen-bond donors (Lipinski definition) is 2. The molecule has 0 saturated carbocycles. The molecule has 2 aromatic heterocycles. The van der Waals surface area contributed by atoms with Crippen molar-refractivity contribution < 1.29 is 31.6 Å². The van der Waals surface area contributed by atoms with Crippen molar-refractivity contribution in [3.63, 3.8) is 0 Å². The van der Waals surface area contributed by atoms with Crippen LogP contribution in [0.1, 0.15) is 26.7 Å². The van der Waals surface area contributed by atoms with Crippen molar-refractivity contribution in [1.29, 1.82) is 0 Å². The number of furan rings is 1. The number of halogens is 4. The molecule has 2 amide bonds. The van der Waals surface area contributed by atoms with Gasteiger partial charge in [0.05, 0.1) is 10.9 Å². The predicted molar refractivity (Wildman–Crippen MR) is 131 cm³/mol. The van der Waals surface area contributed by atoms with Crippen LogP contribution in [-0.2, 0) is 6.18 Å². The summed E-state index contributed by atoms with van der Waals surface area (Å²) in [6, 6.07) is 15.8.